The van der Waals surface area contributed by atoms with Gasteiger partial charge in [0.15, 0.2) is 0 Å². The van der Waals surface area contributed by atoms with Gasteiger partial charge in [0.05, 0.1) is 5.52 Å². The highest BCUT2D eigenvalue weighted by molar-refractivity contribution is 5.98. The summed E-state index contributed by atoms with van der Waals surface area (Å²) in [6, 6.07) is 9.23. The zero-order chi connectivity index (χ0) is 13.9. The fourth-order valence-corrected chi connectivity index (χ4v) is 2.34. The number of hydrogen-bond acceptors (Lipinski definition) is 3. The minimum Gasteiger partial charge on any atom is -0.354 e. The van der Waals surface area contributed by atoms with Crippen molar-refractivity contribution in [2.75, 3.05) is 6.54 Å². The average molecular weight is 269 g/mol. The summed E-state index contributed by atoms with van der Waals surface area (Å²) in [4.78, 5) is 27.5. The van der Waals surface area contributed by atoms with Crippen molar-refractivity contribution >= 4 is 22.7 Å². The van der Waals surface area contributed by atoms with Gasteiger partial charge in [-0.1, -0.05) is 6.07 Å². The van der Waals surface area contributed by atoms with E-state index in [4.69, 9.17) is 0 Å². The van der Waals surface area contributed by atoms with E-state index < -0.39 is 0 Å². The molecule has 2 heterocycles. The van der Waals surface area contributed by atoms with Gasteiger partial charge in [-0.15, -0.1) is 0 Å². The Balaban J connectivity index is 1.73. The summed E-state index contributed by atoms with van der Waals surface area (Å²) in [6.45, 7) is 0.500. The fourth-order valence-electron chi connectivity index (χ4n) is 2.34. The number of amides is 2. The second-order valence-electron chi connectivity index (χ2n) is 4.92. The van der Waals surface area contributed by atoms with E-state index in [1.165, 1.54) is 0 Å². The van der Waals surface area contributed by atoms with Crippen LogP contribution in [-0.2, 0) is 4.79 Å². The first-order valence-electron chi connectivity index (χ1n) is 6.65. The standard InChI is InChI=1S/C15H15N3O2/c19-14-6-4-12(9-17-14)18-15(20)11-3-5-13-10(8-11)2-1-7-16-13/h1-3,5,7-8,12H,4,6,9H2,(H,17,19)(H,18,20). The molecule has 2 amide bonds. The highest BCUT2D eigenvalue weighted by atomic mass is 16.2. The Morgan fingerprint density at radius 1 is 1.35 bits per heavy atom. The van der Waals surface area contributed by atoms with Crippen LogP contribution in [0.1, 0.15) is 23.2 Å². The molecule has 1 unspecified atom stereocenters. The zero-order valence-electron chi connectivity index (χ0n) is 10.9. The van der Waals surface area contributed by atoms with Gasteiger partial charge in [0.25, 0.3) is 5.91 Å². The highest BCUT2D eigenvalue weighted by Gasteiger charge is 2.20. The lowest BCUT2D eigenvalue weighted by molar-refractivity contribution is -0.122. The molecule has 1 fully saturated rings. The molecule has 102 valence electrons. The number of fused-ring (bicyclic) bond motifs is 1. The number of nitrogens with zero attached hydrogens (tertiary/aromatic N) is 1. The number of aromatic nitrogens is 1. The molecule has 2 N–H and O–H groups in total. The number of benzene rings is 1. The van der Waals surface area contributed by atoms with Crippen LogP contribution in [0, 0.1) is 0 Å². The number of rotatable bonds is 2. The molecule has 0 saturated carbocycles. The van der Waals surface area contributed by atoms with Crippen molar-refractivity contribution in [3.05, 3.63) is 42.1 Å². The summed E-state index contributed by atoms with van der Waals surface area (Å²) in [7, 11) is 0. The van der Waals surface area contributed by atoms with E-state index in [1.54, 1.807) is 12.3 Å². The minimum atomic E-state index is -0.114. The number of carbonyl (C=O) groups is 2. The van der Waals surface area contributed by atoms with E-state index in [-0.39, 0.29) is 17.9 Å². The molecule has 5 heteroatoms. The number of piperidine rings is 1. The molecule has 1 aliphatic rings. The Bertz CT molecular complexity index is 659. The highest BCUT2D eigenvalue weighted by Crippen LogP contribution is 2.14. The van der Waals surface area contributed by atoms with Crippen molar-refractivity contribution in [1.29, 1.82) is 0 Å². The molecule has 20 heavy (non-hydrogen) atoms. The van der Waals surface area contributed by atoms with Crippen LogP contribution in [0.3, 0.4) is 0 Å². The predicted molar refractivity (Wildman–Crippen MR) is 75.2 cm³/mol. The molecule has 0 aliphatic carbocycles. The lowest BCUT2D eigenvalue weighted by atomic mass is 10.1. The van der Waals surface area contributed by atoms with Crippen LogP contribution in [0.5, 0.6) is 0 Å². The van der Waals surface area contributed by atoms with E-state index in [2.05, 4.69) is 15.6 Å². The summed E-state index contributed by atoms with van der Waals surface area (Å²) in [6.07, 6.45) is 2.88. The van der Waals surface area contributed by atoms with Gasteiger partial charge in [-0.25, -0.2) is 0 Å². The second-order valence-corrected chi connectivity index (χ2v) is 4.92. The number of nitrogens with one attached hydrogen (secondary N) is 2. The van der Waals surface area contributed by atoms with E-state index in [9.17, 15) is 9.59 Å². The van der Waals surface area contributed by atoms with Crippen molar-refractivity contribution in [2.24, 2.45) is 0 Å². The van der Waals surface area contributed by atoms with Crippen LogP contribution >= 0.6 is 0 Å². The second kappa shape index (κ2) is 5.28. The summed E-state index contributed by atoms with van der Waals surface area (Å²) in [5.74, 6) is -0.0656. The summed E-state index contributed by atoms with van der Waals surface area (Å²) in [5.41, 5.74) is 1.48. The maximum absolute atomic E-state index is 12.2. The molecular formula is C15H15N3O2. The summed E-state index contributed by atoms with van der Waals surface area (Å²) >= 11 is 0. The van der Waals surface area contributed by atoms with Crippen molar-refractivity contribution in [3.63, 3.8) is 0 Å². The van der Waals surface area contributed by atoms with Gasteiger partial charge in [0.1, 0.15) is 0 Å². The number of pyridine rings is 1. The van der Waals surface area contributed by atoms with Gasteiger partial charge in [0.2, 0.25) is 5.91 Å². The number of carbonyl (C=O) groups excluding carboxylic acids is 2. The molecule has 0 spiro atoms. The predicted octanol–water partition coefficient (Wildman–Crippen LogP) is 1.24. The monoisotopic (exact) mass is 269 g/mol. The SMILES string of the molecule is O=C1CCC(NC(=O)c2ccc3ncccc3c2)CN1. The lowest BCUT2D eigenvalue weighted by Crippen LogP contribution is -2.47. The van der Waals surface area contributed by atoms with Crippen molar-refractivity contribution in [1.82, 2.24) is 15.6 Å². The smallest absolute Gasteiger partial charge is 0.251 e. The van der Waals surface area contributed by atoms with Crippen LogP contribution in [0.25, 0.3) is 10.9 Å². The van der Waals surface area contributed by atoms with Gasteiger partial charge in [-0.2, -0.15) is 0 Å². The zero-order valence-corrected chi connectivity index (χ0v) is 10.9. The number of hydrogen-bond donors (Lipinski definition) is 2. The molecule has 2 aromatic rings. The quantitative estimate of drug-likeness (QED) is 0.861. The molecule has 5 nitrogen and oxygen atoms in total. The van der Waals surface area contributed by atoms with Gasteiger partial charge in [-0.3, -0.25) is 14.6 Å². The van der Waals surface area contributed by atoms with Gasteiger partial charge >= 0.3 is 0 Å². The molecule has 1 aromatic carbocycles. The minimum absolute atomic E-state index is 0.00444. The van der Waals surface area contributed by atoms with Crippen LogP contribution in [0.15, 0.2) is 36.5 Å². The van der Waals surface area contributed by atoms with E-state index in [1.807, 2.05) is 24.3 Å². The van der Waals surface area contributed by atoms with Crippen molar-refractivity contribution < 1.29 is 9.59 Å². The third-order valence-corrected chi connectivity index (χ3v) is 3.47. The first-order valence-corrected chi connectivity index (χ1v) is 6.65. The molecule has 0 radical (unpaired) electrons. The van der Waals surface area contributed by atoms with Crippen LogP contribution in [0.2, 0.25) is 0 Å². The molecule has 1 aliphatic heterocycles. The van der Waals surface area contributed by atoms with Crippen molar-refractivity contribution in [3.8, 4) is 0 Å². The normalized spacial score (nSPS) is 18.6. The Kier molecular flexibility index (Phi) is 3.33. The summed E-state index contributed by atoms with van der Waals surface area (Å²) < 4.78 is 0. The van der Waals surface area contributed by atoms with Crippen LogP contribution in [0.4, 0.5) is 0 Å². The topological polar surface area (TPSA) is 71.1 Å². The molecular weight excluding hydrogens is 254 g/mol. The maximum Gasteiger partial charge on any atom is 0.251 e. The maximum atomic E-state index is 12.2. The molecule has 3 rings (SSSR count). The largest absolute Gasteiger partial charge is 0.354 e. The first-order chi connectivity index (χ1) is 9.72. The Hall–Kier alpha value is -2.43. The third-order valence-electron chi connectivity index (χ3n) is 3.47. The molecule has 1 saturated heterocycles. The first kappa shape index (κ1) is 12.6. The Labute approximate surface area is 116 Å². The van der Waals surface area contributed by atoms with Crippen LogP contribution < -0.4 is 10.6 Å². The van der Waals surface area contributed by atoms with Gasteiger partial charge < -0.3 is 10.6 Å². The molecule has 1 aromatic heterocycles. The molecule has 0 bridgehead atoms. The molecule has 1 atom stereocenters. The lowest BCUT2D eigenvalue weighted by Gasteiger charge is -2.23. The summed E-state index contributed by atoms with van der Waals surface area (Å²) in [5, 5.41) is 6.64. The average Bonchev–Trinajstić information content (AvgIpc) is 2.49. The van der Waals surface area contributed by atoms with Gasteiger partial charge in [-0.05, 0) is 30.7 Å². The van der Waals surface area contributed by atoms with E-state index in [0.717, 1.165) is 10.9 Å². The van der Waals surface area contributed by atoms with Gasteiger partial charge in [0, 0.05) is 36.2 Å². The van der Waals surface area contributed by atoms with Crippen LogP contribution in [-0.4, -0.2) is 29.4 Å². The van der Waals surface area contributed by atoms with E-state index in [0.29, 0.717) is 24.9 Å². The Morgan fingerprint density at radius 3 is 3.05 bits per heavy atom. The fraction of sp³-hybridized carbons (Fsp3) is 0.267. The Morgan fingerprint density at radius 2 is 2.25 bits per heavy atom. The van der Waals surface area contributed by atoms with Crippen molar-refractivity contribution in [2.45, 2.75) is 18.9 Å². The van der Waals surface area contributed by atoms with E-state index >= 15 is 0 Å². The third kappa shape index (κ3) is 2.61.